The van der Waals surface area contributed by atoms with Crippen LogP contribution >= 0.6 is 0 Å². The Kier molecular flexibility index (Phi) is 1.91. The minimum Gasteiger partial charge on any atom is -0.493 e. The van der Waals surface area contributed by atoms with Crippen LogP contribution in [0.1, 0.15) is 0 Å². The van der Waals surface area contributed by atoms with E-state index in [4.69, 9.17) is 10.2 Å². The number of pyridine rings is 1. The molecule has 58 valence electrons. The third kappa shape index (κ3) is 1.82. The molecule has 0 amide bonds. The van der Waals surface area contributed by atoms with Gasteiger partial charge >= 0.3 is 0 Å². The molecule has 1 heterocycles. The van der Waals surface area contributed by atoms with Gasteiger partial charge in [0.15, 0.2) is 0 Å². The maximum Gasteiger partial charge on any atom is 0.298 e. The lowest BCUT2D eigenvalue weighted by molar-refractivity contribution is -0.120. The van der Waals surface area contributed by atoms with Gasteiger partial charge in [-0.2, -0.15) is 4.98 Å². The predicted molar refractivity (Wildman–Crippen MR) is 34.3 cm³/mol. The van der Waals surface area contributed by atoms with Crippen molar-refractivity contribution in [2.75, 3.05) is 0 Å². The van der Waals surface area contributed by atoms with Crippen molar-refractivity contribution in [3.05, 3.63) is 12.1 Å². The molecule has 0 unspecified atom stereocenters. The highest BCUT2D eigenvalue weighted by Gasteiger charge is 1.99. The smallest absolute Gasteiger partial charge is 0.298 e. The van der Waals surface area contributed by atoms with Crippen molar-refractivity contribution in [1.29, 1.82) is 0 Å². The summed E-state index contributed by atoms with van der Waals surface area (Å²) in [5, 5.41) is 17.5. The van der Waals surface area contributed by atoms with Gasteiger partial charge in [0.1, 0.15) is 5.75 Å². The van der Waals surface area contributed by atoms with Gasteiger partial charge in [-0.3, -0.25) is 4.79 Å². The SMILES string of the molecule is O=COc1cc(O)nc(O)c1. The monoisotopic (exact) mass is 155 g/mol. The molecule has 0 aromatic carbocycles. The molecule has 0 aliphatic carbocycles. The molecule has 2 N–H and O–H groups in total. The molecular formula is C6H5NO4. The van der Waals surface area contributed by atoms with E-state index in [2.05, 4.69) is 9.72 Å². The highest BCUT2D eigenvalue weighted by molar-refractivity contribution is 5.46. The number of ether oxygens (including phenoxy) is 1. The first-order chi connectivity index (χ1) is 5.22. The molecule has 11 heavy (non-hydrogen) atoms. The fourth-order valence-corrected chi connectivity index (χ4v) is 0.602. The Labute approximate surface area is 61.9 Å². The fraction of sp³-hybridized carbons (Fsp3) is 0. The molecule has 0 bridgehead atoms. The number of hydrogen-bond donors (Lipinski definition) is 2. The van der Waals surface area contributed by atoms with Crippen LogP contribution in [0.25, 0.3) is 0 Å². The number of rotatable bonds is 2. The van der Waals surface area contributed by atoms with Crippen molar-refractivity contribution in [2.45, 2.75) is 0 Å². The third-order valence-electron chi connectivity index (χ3n) is 0.956. The minimum atomic E-state index is -0.401. The van der Waals surface area contributed by atoms with Crippen LogP contribution in [0.15, 0.2) is 12.1 Å². The van der Waals surface area contributed by atoms with Crippen LogP contribution < -0.4 is 4.74 Å². The first-order valence-electron chi connectivity index (χ1n) is 2.72. The summed E-state index contributed by atoms with van der Waals surface area (Å²) in [6, 6.07) is 2.21. The van der Waals surface area contributed by atoms with Crippen LogP contribution in [0, 0.1) is 0 Å². The summed E-state index contributed by atoms with van der Waals surface area (Å²) in [5.41, 5.74) is 0. The zero-order chi connectivity index (χ0) is 8.27. The summed E-state index contributed by atoms with van der Waals surface area (Å²) in [5.74, 6) is -0.756. The summed E-state index contributed by atoms with van der Waals surface area (Å²) >= 11 is 0. The summed E-state index contributed by atoms with van der Waals surface area (Å²) in [4.78, 5) is 13.0. The lowest BCUT2D eigenvalue weighted by Crippen LogP contribution is -1.88. The molecule has 0 fully saturated rings. The Balaban J connectivity index is 2.98. The van der Waals surface area contributed by atoms with E-state index in [1.807, 2.05) is 0 Å². The van der Waals surface area contributed by atoms with Gasteiger partial charge in [0.05, 0.1) is 0 Å². The zero-order valence-corrected chi connectivity index (χ0v) is 5.39. The van der Waals surface area contributed by atoms with Crippen LogP contribution in [-0.2, 0) is 4.79 Å². The molecular weight excluding hydrogens is 150 g/mol. The van der Waals surface area contributed by atoms with E-state index in [1.165, 1.54) is 0 Å². The van der Waals surface area contributed by atoms with Gasteiger partial charge in [-0.05, 0) is 0 Å². The van der Waals surface area contributed by atoms with E-state index < -0.39 is 11.8 Å². The second-order valence-corrected chi connectivity index (χ2v) is 1.73. The summed E-state index contributed by atoms with van der Waals surface area (Å²) in [6.45, 7) is 0.189. The molecule has 5 nitrogen and oxygen atoms in total. The van der Waals surface area contributed by atoms with Crippen LogP contribution in [0.2, 0.25) is 0 Å². The number of aromatic nitrogens is 1. The first kappa shape index (κ1) is 7.33. The summed E-state index contributed by atoms with van der Waals surface area (Å²) in [6.07, 6.45) is 0. The second-order valence-electron chi connectivity index (χ2n) is 1.73. The number of carbonyl (C=O) groups excluding carboxylic acids is 1. The maximum absolute atomic E-state index is 9.79. The molecule has 0 atom stereocenters. The molecule has 1 aromatic rings. The largest absolute Gasteiger partial charge is 0.493 e. The normalized spacial score (nSPS) is 9.09. The zero-order valence-electron chi connectivity index (χ0n) is 5.39. The quantitative estimate of drug-likeness (QED) is 0.589. The van der Waals surface area contributed by atoms with Crippen molar-refractivity contribution < 1.29 is 19.7 Å². The molecule has 1 rings (SSSR count). The standard InChI is InChI=1S/C6H5NO4/c8-3-11-4-1-5(9)7-6(10)2-4/h1-3H,(H2,7,9,10). The third-order valence-corrected chi connectivity index (χ3v) is 0.956. The Morgan fingerprint density at radius 1 is 1.36 bits per heavy atom. The highest BCUT2D eigenvalue weighted by Crippen LogP contribution is 2.20. The average Bonchev–Trinajstić information content (AvgIpc) is 1.85. The van der Waals surface area contributed by atoms with Crippen molar-refractivity contribution in [3.63, 3.8) is 0 Å². The van der Waals surface area contributed by atoms with E-state index in [0.717, 1.165) is 12.1 Å². The Morgan fingerprint density at radius 3 is 2.36 bits per heavy atom. The molecule has 1 aromatic heterocycles. The van der Waals surface area contributed by atoms with Gasteiger partial charge in [0, 0.05) is 12.1 Å². The molecule has 0 radical (unpaired) electrons. The average molecular weight is 155 g/mol. The van der Waals surface area contributed by atoms with E-state index in [-0.39, 0.29) is 12.2 Å². The fourth-order valence-electron chi connectivity index (χ4n) is 0.602. The number of nitrogens with zero attached hydrogens (tertiary/aromatic N) is 1. The Hall–Kier alpha value is -1.78. The van der Waals surface area contributed by atoms with Crippen LogP contribution in [-0.4, -0.2) is 21.7 Å². The van der Waals surface area contributed by atoms with Gasteiger partial charge in [-0.25, -0.2) is 0 Å². The van der Waals surface area contributed by atoms with E-state index in [0.29, 0.717) is 0 Å². The Bertz CT molecular complexity index is 253. The first-order valence-corrected chi connectivity index (χ1v) is 2.72. The molecule has 0 aliphatic heterocycles. The van der Waals surface area contributed by atoms with Gasteiger partial charge in [-0.1, -0.05) is 0 Å². The Morgan fingerprint density at radius 2 is 1.91 bits per heavy atom. The van der Waals surface area contributed by atoms with Gasteiger partial charge in [-0.15, -0.1) is 0 Å². The minimum absolute atomic E-state index is 0.0463. The van der Waals surface area contributed by atoms with Gasteiger partial charge in [0.25, 0.3) is 6.47 Å². The van der Waals surface area contributed by atoms with Crippen molar-refractivity contribution in [2.24, 2.45) is 0 Å². The van der Waals surface area contributed by atoms with Crippen LogP contribution in [0.5, 0.6) is 17.5 Å². The topological polar surface area (TPSA) is 79.7 Å². The summed E-state index contributed by atoms with van der Waals surface area (Å²) in [7, 11) is 0. The number of carbonyl (C=O) groups is 1. The van der Waals surface area contributed by atoms with Gasteiger partial charge in [0.2, 0.25) is 11.8 Å². The van der Waals surface area contributed by atoms with Crippen LogP contribution in [0.3, 0.4) is 0 Å². The number of hydrogen-bond acceptors (Lipinski definition) is 5. The molecule has 0 saturated heterocycles. The predicted octanol–water partition coefficient (Wildman–Crippen LogP) is 0.0280. The highest BCUT2D eigenvalue weighted by atomic mass is 16.5. The van der Waals surface area contributed by atoms with Crippen LogP contribution in [0.4, 0.5) is 0 Å². The van der Waals surface area contributed by atoms with Crippen molar-refractivity contribution in [1.82, 2.24) is 4.98 Å². The molecule has 0 saturated carbocycles. The van der Waals surface area contributed by atoms with E-state index >= 15 is 0 Å². The molecule has 0 aliphatic rings. The van der Waals surface area contributed by atoms with Crippen molar-refractivity contribution in [3.8, 4) is 17.5 Å². The molecule has 5 heteroatoms. The van der Waals surface area contributed by atoms with E-state index in [1.54, 1.807) is 0 Å². The van der Waals surface area contributed by atoms with Gasteiger partial charge < -0.3 is 14.9 Å². The lowest BCUT2D eigenvalue weighted by Gasteiger charge is -1.97. The van der Waals surface area contributed by atoms with Crippen molar-refractivity contribution >= 4 is 6.47 Å². The molecule has 0 spiro atoms. The lowest BCUT2D eigenvalue weighted by atomic mass is 10.4. The maximum atomic E-state index is 9.79. The summed E-state index contributed by atoms with van der Waals surface area (Å²) < 4.78 is 4.33. The number of aromatic hydroxyl groups is 2. The second kappa shape index (κ2) is 2.87. The van der Waals surface area contributed by atoms with E-state index in [9.17, 15) is 4.79 Å².